The average molecular weight is 297 g/mol. The van der Waals surface area contributed by atoms with Crippen LogP contribution in [0.5, 0.6) is 0 Å². The molecule has 0 aromatic heterocycles. The summed E-state index contributed by atoms with van der Waals surface area (Å²) in [6.45, 7) is 6.43. The highest BCUT2D eigenvalue weighted by atomic mass is 35.5. The van der Waals surface area contributed by atoms with E-state index in [1.54, 1.807) is 24.3 Å². The molecule has 2 N–H and O–H groups in total. The molecule has 0 saturated heterocycles. The first kappa shape index (κ1) is 16.5. The third-order valence-corrected chi connectivity index (χ3v) is 3.04. The van der Waals surface area contributed by atoms with Crippen molar-refractivity contribution < 1.29 is 9.59 Å². The van der Waals surface area contributed by atoms with Crippen molar-refractivity contribution >= 4 is 23.4 Å². The van der Waals surface area contributed by atoms with Gasteiger partial charge in [0.15, 0.2) is 0 Å². The lowest BCUT2D eigenvalue weighted by molar-refractivity contribution is -0.123. The van der Waals surface area contributed by atoms with Gasteiger partial charge in [-0.15, -0.1) is 0 Å². The number of benzene rings is 1. The predicted molar refractivity (Wildman–Crippen MR) is 80.8 cm³/mol. The summed E-state index contributed by atoms with van der Waals surface area (Å²) in [5, 5.41) is 6.09. The molecule has 0 fully saturated rings. The van der Waals surface area contributed by atoms with Gasteiger partial charge >= 0.3 is 0 Å². The molecule has 1 unspecified atom stereocenters. The Kier molecular flexibility index (Phi) is 6.52. The van der Waals surface area contributed by atoms with Crippen LogP contribution in [0.15, 0.2) is 24.3 Å². The lowest BCUT2D eigenvalue weighted by atomic mass is 10.0. The average Bonchev–Trinajstić information content (AvgIpc) is 2.38. The maximum atomic E-state index is 12.1. The first-order chi connectivity index (χ1) is 9.43. The number of nitrogens with one attached hydrogen (secondary N) is 2. The minimum atomic E-state index is -0.516. The quantitative estimate of drug-likeness (QED) is 0.848. The molecule has 0 aliphatic heterocycles. The van der Waals surface area contributed by atoms with E-state index in [4.69, 9.17) is 11.6 Å². The molecule has 1 aromatic carbocycles. The molecular formula is C15H21ClN2O2. The molecule has 0 heterocycles. The second-order valence-electron chi connectivity index (χ2n) is 5.06. The van der Waals surface area contributed by atoms with E-state index < -0.39 is 6.04 Å². The molecule has 0 saturated carbocycles. The number of carbonyl (C=O) groups is 2. The molecule has 1 aromatic rings. The van der Waals surface area contributed by atoms with E-state index in [-0.39, 0.29) is 11.8 Å². The second-order valence-corrected chi connectivity index (χ2v) is 5.49. The largest absolute Gasteiger partial charge is 0.355 e. The Morgan fingerprint density at radius 2 is 1.80 bits per heavy atom. The molecule has 5 heteroatoms. The topological polar surface area (TPSA) is 58.2 Å². The molecule has 0 radical (unpaired) electrons. The van der Waals surface area contributed by atoms with Crippen molar-refractivity contribution in [1.29, 1.82) is 0 Å². The molecule has 0 bridgehead atoms. The summed E-state index contributed by atoms with van der Waals surface area (Å²) in [6, 6.07) is 6.07. The Balaban J connectivity index is 2.75. The highest BCUT2D eigenvalue weighted by Crippen LogP contribution is 2.11. The molecule has 0 aliphatic rings. The Labute approximate surface area is 124 Å². The van der Waals surface area contributed by atoms with Crippen LogP contribution in [0, 0.1) is 5.92 Å². The minimum absolute atomic E-state index is 0.150. The highest BCUT2D eigenvalue weighted by molar-refractivity contribution is 6.30. The number of hydrogen-bond donors (Lipinski definition) is 2. The number of carbonyl (C=O) groups excluding carboxylic acids is 2. The number of amides is 2. The Hall–Kier alpha value is -1.55. The minimum Gasteiger partial charge on any atom is -0.355 e. The van der Waals surface area contributed by atoms with Gasteiger partial charge in [0.05, 0.1) is 0 Å². The Bertz CT molecular complexity index is 457. The molecule has 0 spiro atoms. The second kappa shape index (κ2) is 7.90. The predicted octanol–water partition coefficient (Wildman–Crippen LogP) is 2.62. The zero-order valence-corrected chi connectivity index (χ0v) is 12.8. The van der Waals surface area contributed by atoms with Gasteiger partial charge < -0.3 is 10.6 Å². The van der Waals surface area contributed by atoms with Gasteiger partial charge in [-0.2, -0.15) is 0 Å². The lowest BCUT2D eigenvalue weighted by Gasteiger charge is -2.19. The van der Waals surface area contributed by atoms with Gasteiger partial charge in [-0.05, 0) is 43.5 Å². The summed E-state index contributed by atoms with van der Waals surface area (Å²) in [6.07, 6.45) is 0.602. The van der Waals surface area contributed by atoms with Crippen LogP contribution >= 0.6 is 11.6 Å². The number of likely N-dealkylation sites (N-methyl/N-ethyl adjacent to an activating group) is 1. The zero-order valence-electron chi connectivity index (χ0n) is 12.1. The van der Waals surface area contributed by atoms with Gasteiger partial charge in [-0.1, -0.05) is 25.4 Å². The normalized spacial score (nSPS) is 12.1. The number of hydrogen-bond acceptors (Lipinski definition) is 2. The summed E-state index contributed by atoms with van der Waals surface area (Å²) in [5.41, 5.74) is 0.493. The van der Waals surface area contributed by atoms with E-state index in [0.29, 0.717) is 29.5 Å². The fourth-order valence-electron chi connectivity index (χ4n) is 1.84. The molecule has 4 nitrogen and oxygen atoms in total. The van der Waals surface area contributed by atoms with Crippen LogP contribution < -0.4 is 10.6 Å². The third-order valence-electron chi connectivity index (χ3n) is 2.79. The van der Waals surface area contributed by atoms with E-state index in [9.17, 15) is 9.59 Å². The van der Waals surface area contributed by atoms with Crippen molar-refractivity contribution in [3.05, 3.63) is 34.9 Å². The smallest absolute Gasteiger partial charge is 0.251 e. The van der Waals surface area contributed by atoms with Gasteiger partial charge in [0, 0.05) is 17.1 Å². The first-order valence-corrected chi connectivity index (χ1v) is 7.16. The fourth-order valence-corrected chi connectivity index (χ4v) is 1.97. The van der Waals surface area contributed by atoms with E-state index >= 15 is 0 Å². The van der Waals surface area contributed by atoms with Crippen LogP contribution in [0.4, 0.5) is 0 Å². The first-order valence-electron chi connectivity index (χ1n) is 6.78. The van der Waals surface area contributed by atoms with Crippen LogP contribution in [0.3, 0.4) is 0 Å². The molecule has 1 rings (SSSR count). The summed E-state index contributed by atoms with van der Waals surface area (Å²) in [7, 11) is 0. The van der Waals surface area contributed by atoms with Gasteiger partial charge in [0.2, 0.25) is 5.91 Å². The Morgan fingerprint density at radius 3 is 2.30 bits per heavy atom. The monoisotopic (exact) mass is 296 g/mol. The summed E-state index contributed by atoms with van der Waals surface area (Å²) >= 11 is 5.79. The fraction of sp³-hybridized carbons (Fsp3) is 0.467. The van der Waals surface area contributed by atoms with E-state index in [2.05, 4.69) is 10.6 Å². The molecular weight excluding hydrogens is 276 g/mol. The van der Waals surface area contributed by atoms with Gasteiger partial charge in [0.25, 0.3) is 5.91 Å². The van der Waals surface area contributed by atoms with Crippen molar-refractivity contribution in [3.63, 3.8) is 0 Å². The van der Waals surface area contributed by atoms with Crippen molar-refractivity contribution in [2.24, 2.45) is 5.92 Å². The molecule has 20 heavy (non-hydrogen) atoms. The maximum Gasteiger partial charge on any atom is 0.251 e. The van der Waals surface area contributed by atoms with E-state index in [1.807, 2.05) is 20.8 Å². The zero-order chi connectivity index (χ0) is 15.1. The molecule has 0 aliphatic carbocycles. The molecule has 1 atom stereocenters. The van der Waals surface area contributed by atoms with Crippen molar-refractivity contribution in [2.75, 3.05) is 6.54 Å². The van der Waals surface area contributed by atoms with E-state index in [1.165, 1.54) is 0 Å². The summed E-state index contributed by atoms with van der Waals surface area (Å²) in [5.74, 6) is -0.102. The Morgan fingerprint density at radius 1 is 1.20 bits per heavy atom. The van der Waals surface area contributed by atoms with Gasteiger partial charge in [0.1, 0.15) is 6.04 Å². The summed E-state index contributed by atoms with van der Waals surface area (Å²) in [4.78, 5) is 24.1. The van der Waals surface area contributed by atoms with Crippen LogP contribution in [-0.4, -0.2) is 24.4 Å². The summed E-state index contributed by atoms with van der Waals surface area (Å²) < 4.78 is 0. The standard InChI is InChI=1S/C15H21ClN2O2/c1-4-17-15(20)13(9-10(2)3)18-14(19)11-5-7-12(16)8-6-11/h5-8,10,13H,4,9H2,1-3H3,(H,17,20)(H,18,19). The number of rotatable bonds is 6. The van der Waals surface area contributed by atoms with Crippen LogP contribution in [0.2, 0.25) is 5.02 Å². The van der Waals surface area contributed by atoms with Crippen LogP contribution in [-0.2, 0) is 4.79 Å². The molecule has 110 valence electrons. The van der Waals surface area contributed by atoms with Crippen molar-refractivity contribution in [3.8, 4) is 0 Å². The van der Waals surface area contributed by atoms with Crippen molar-refractivity contribution in [1.82, 2.24) is 10.6 Å². The van der Waals surface area contributed by atoms with Crippen LogP contribution in [0.1, 0.15) is 37.6 Å². The third kappa shape index (κ3) is 5.21. The highest BCUT2D eigenvalue weighted by Gasteiger charge is 2.21. The van der Waals surface area contributed by atoms with E-state index in [0.717, 1.165) is 0 Å². The lowest BCUT2D eigenvalue weighted by Crippen LogP contribution is -2.47. The number of halogens is 1. The molecule has 2 amide bonds. The maximum absolute atomic E-state index is 12.1. The van der Waals surface area contributed by atoms with Crippen molar-refractivity contribution in [2.45, 2.75) is 33.2 Å². The van der Waals surface area contributed by atoms with Gasteiger partial charge in [-0.25, -0.2) is 0 Å². The van der Waals surface area contributed by atoms with Gasteiger partial charge in [-0.3, -0.25) is 9.59 Å². The SMILES string of the molecule is CCNC(=O)C(CC(C)C)NC(=O)c1ccc(Cl)cc1. The van der Waals surface area contributed by atoms with Crippen LogP contribution in [0.25, 0.3) is 0 Å².